The smallest absolute Gasteiger partial charge is 0.354 e. The van der Waals surface area contributed by atoms with Gasteiger partial charge in [-0.1, -0.05) is 18.2 Å². The van der Waals surface area contributed by atoms with E-state index in [1.807, 2.05) is 37.3 Å². The second-order valence-electron chi connectivity index (χ2n) is 5.58. The Hall–Kier alpha value is -3.68. The van der Waals surface area contributed by atoms with Crippen LogP contribution >= 0.6 is 0 Å². The summed E-state index contributed by atoms with van der Waals surface area (Å²) in [6.45, 7) is 2.43. The molecule has 0 fully saturated rings. The Labute approximate surface area is 156 Å². The number of nitrogens with zero attached hydrogens (tertiary/aromatic N) is 4. The topological polar surface area (TPSA) is 93.4 Å². The number of benzene rings is 2. The molecule has 0 radical (unpaired) electrons. The predicted octanol–water partition coefficient (Wildman–Crippen LogP) is 4.30. The lowest BCUT2D eigenvalue weighted by Gasteiger charge is -2.22. The molecule has 0 aliphatic rings. The SMILES string of the molecule is CCN(c1ccccc1)c1ncnc(Nc2ccc(OC)cc2)c1[N+](=O)[O-]. The van der Waals surface area contributed by atoms with Crippen molar-refractivity contribution >= 4 is 28.7 Å². The van der Waals surface area contributed by atoms with Crippen molar-refractivity contribution in [3.8, 4) is 5.75 Å². The van der Waals surface area contributed by atoms with Gasteiger partial charge >= 0.3 is 5.69 Å². The van der Waals surface area contributed by atoms with Gasteiger partial charge in [0, 0.05) is 17.9 Å². The van der Waals surface area contributed by atoms with Crippen LogP contribution in [0.4, 0.5) is 28.7 Å². The lowest BCUT2D eigenvalue weighted by Crippen LogP contribution is -2.19. The molecule has 0 aliphatic heterocycles. The first kappa shape index (κ1) is 18.1. The summed E-state index contributed by atoms with van der Waals surface area (Å²) in [4.78, 5) is 21.4. The Morgan fingerprint density at radius 2 is 1.81 bits per heavy atom. The first-order valence-corrected chi connectivity index (χ1v) is 8.37. The van der Waals surface area contributed by atoms with Crippen LogP contribution in [0.1, 0.15) is 6.92 Å². The molecule has 1 heterocycles. The van der Waals surface area contributed by atoms with E-state index >= 15 is 0 Å². The fourth-order valence-corrected chi connectivity index (χ4v) is 2.70. The molecule has 0 bridgehead atoms. The van der Waals surface area contributed by atoms with Crippen LogP contribution < -0.4 is 15.0 Å². The van der Waals surface area contributed by atoms with Gasteiger partial charge in [-0.3, -0.25) is 10.1 Å². The van der Waals surface area contributed by atoms with Crippen LogP contribution in [0.5, 0.6) is 5.75 Å². The monoisotopic (exact) mass is 365 g/mol. The number of para-hydroxylation sites is 1. The summed E-state index contributed by atoms with van der Waals surface area (Å²) in [5, 5.41) is 14.8. The van der Waals surface area contributed by atoms with Crippen LogP contribution in [0.15, 0.2) is 60.9 Å². The zero-order valence-electron chi connectivity index (χ0n) is 15.0. The van der Waals surface area contributed by atoms with Gasteiger partial charge in [-0.15, -0.1) is 0 Å². The lowest BCUT2D eigenvalue weighted by atomic mass is 10.2. The highest BCUT2D eigenvalue weighted by atomic mass is 16.6. The molecule has 8 heteroatoms. The molecule has 1 N–H and O–H groups in total. The van der Waals surface area contributed by atoms with Gasteiger partial charge in [0.1, 0.15) is 12.1 Å². The van der Waals surface area contributed by atoms with Gasteiger partial charge in [0.15, 0.2) is 0 Å². The molecule has 3 aromatic rings. The maximum Gasteiger partial charge on any atom is 0.354 e. The van der Waals surface area contributed by atoms with Gasteiger partial charge in [0.05, 0.1) is 12.0 Å². The van der Waals surface area contributed by atoms with E-state index in [4.69, 9.17) is 4.74 Å². The first-order valence-electron chi connectivity index (χ1n) is 8.37. The zero-order chi connectivity index (χ0) is 19.2. The summed E-state index contributed by atoms with van der Waals surface area (Å²) < 4.78 is 5.13. The average molecular weight is 365 g/mol. The fourth-order valence-electron chi connectivity index (χ4n) is 2.70. The molecule has 0 amide bonds. The van der Waals surface area contributed by atoms with Crippen LogP contribution in [-0.4, -0.2) is 28.5 Å². The number of nitro groups is 1. The van der Waals surface area contributed by atoms with Gasteiger partial charge in [-0.25, -0.2) is 9.97 Å². The largest absolute Gasteiger partial charge is 0.497 e. The highest BCUT2D eigenvalue weighted by molar-refractivity contribution is 5.78. The molecule has 0 spiro atoms. The number of hydrogen-bond acceptors (Lipinski definition) is 7. The van der Waals surface area contributed by atoms with Crippen molar-refractivity contribution in [2.45, 2.75) is 6.92 Å². The van der Waals surface area contributed by atoms with Crippen molar-refractivity contribution in [3.05, 3.63) is 71.0 Å². The summed E-state index contributed by atoms with van der Waals surface area (Å²) in [5.74, 6) is 1.06. The minimum Gasteiger partial charge on any atom is -0.497 e. The molecule has 0 atom stereocenters. The van der Waals surface area contributed by atoms with Crippen LogP contribution in [0.2, 0.25) is 0 Å². The van der Waals surface area contributed by atoms with Crippen molar-refractivity contribution in [1.29, 1.82) is 0 Å². The van der Waals surface area contributed by atoms with Crippen molar-refractivity contribution < 1.29 is 9.66 Å². The van der Waals surface area contributed by atoms with Crippen LogP contribution in [0.25, 0.3) is 0 Å². The van der Waals surface area contributed by atoms with Gasteiger partial charge in [-0.05, 0) is 43.3 Å². The summed E-state index contributed by atoms with van der Waals surface area (Å²) in [6.07, 6.45) is 1.32. The third-order valence-corrected chi connectivity index (χ3v) is 3.98. The number of rotatable bonds is 7. The number of aromatic nitrogens is 2. The molecule has 1 aromatic heterocycles. The highest BCUT2D eigenvalue weighted by Crippen LogP contribution is 2.36. The fraction of sp³-hybridized carbons (Fsp3) is 0.158. The van der Waals surface area contributed by atoms with E-state index < -0.39 is 4.92 Å². The van der Waals surface area contributed by atoms with E-state index in [1.54, 1.807) is 36.3 Å². The third kappa shape index (κ3) is 3.95. The molecule has 27 heavy (non-hydrogen) atoms. The molecule has 0 saturated heterocycles. The van der Waals surface area contributed by atoms with E-state index in [9.17, 15) is 10.1 Å². The van der Waals surface area contributed by atoms with Gasteiger partial charge in [0.2, 0.25) is 11.6 Å². The Bertz CT molecular complexity index is 916. The zero-order valence-corrected chi connectivity index (χ0v) is 15.0. The number of anilines is 4. The van der Waals surface area contributed by atoms with Crippen molar-refractivity contribution in [1.82, 2.24) is 9.97 Å². The van der Waals surface area contributed by atoms with Gasteiger partial charge < -0.3 is 15.0 Å². The number of ether oxygens (including phenoxy) is 1. The molecule has 3 rings (SSSR count). The van der Waals surface area contributed by atoms with E-state index in [-0.39, 0.29) is 17.3 Å². The van der Waals surface area contributed by atoms with Gasteiger partial charge in [0.25, 0.3) is 0 Å². The van der Waals surface area contributed by atoms with Gasteiger partial charge in [-0.2, -0.15) is 0 Å². The molecule has 0 aliphatic carbocycles. The minimum absolute atomic E-state index is 0.129. The van der Waals surface area contributed by atoms with E-state index in [0.29, 0.717) is 18.0 Å². The Kier molecular flexibility index (Phi) is 5.46. The normalized spacial score (nSPS) is 10.3. The highest BCUT2D eigenvalue weighted by Gasteiger charge is 2.27. The van der Waals surface area contributed by atoms with Crippen molar-refractivity contribution in [2.75, 3.05) is 23.9 Å². The van der Waals surface area contributed by atoms with E-state index in [0.717, 1.165) is 5.69 Å². The second kappa shape index (κ2) is 8.13. The summed E-state index contributed by atoms with van der Waals surface area (Å²) in [6, 6.07) is 16.5. The third-order valence-electron chi connectivity index (χ3n) is 3.98. The van der Waals surface area contributed by atoms with E-state index in [1.165, 1.54) is 6.33 Å². The standard InChI is InChI=1S/C19H19N5O3/c1-3-23(15-7-5-4-6-8-15)19-17(24(25)26)18(20-13-21-19)22-14-9-11-16(27-2)12-10-14/h4-13H,3H2,1-2H3,(H,20,21,22). The van der Waals surface area contributed by atoms with Crippen LogP contribution in [0.3, 0.4) is 0 Å². The van der Waals surface area contributed by atoms with Crippen molar-refractivity contribution in [3.63, 3.8) is 0 Å². The first-order chi connectivity index (χ1) is 13.1. The van der Waals surface area contributed by atoms with Crippen LogP contribution in [-0.2, 0) is 0 Å². The molecule has 2 aromatic carbocycles. The Morgan fingerprint density at radius 3 is 2.41 bits per heavy atom. The summed E-state index contributed by atoms with van der Waals surface area (Å²) in [5.41, 5.74) is 1.29. The summed E-state index contributed by atoms with van der Waals surface area (Å²) >= 11 is 0. The Balaban J connectivity index is 2.02. The number of methoxy groups -OCH3 is 1. The molecule has 0 saturated carbocycles. The number of hydrogen-bond donors (Lipinski definition) is 1. The average Bonchev–Trinajstić information content (AvgIpc) is 2.70. The molecule has 8 nitrogen and oxygen atoms in total. The summed E-state index contributed by atoms with van der Waals surface area (Å²) in [7, 11) is 1.58. The quantitative estimate of drug-likeness (QED) is 0.493. The van der Waals surface area contributed by atoms with E-state index in [2.05, 4.69) is 15.3 Å². The maximum atomic E-state index is 11.8. The molecule has 138 valence electrons. The lowest BCUT2D eigenvalue weighted by molar-refractivity contribution is -0.383. The maximum absolute atomic E-state index is 11.8. The molecule has 0 unspecified atom stereocenters. The predicted molar refractivity (Wildman–Crippen MR) is 104 cm³/mol. The Morgan fingerprint density at radius 1 is 1.11 bits per heavy atom. The second-order valence-corrected chi connectivity index (χ2v) is 5.58. The number of nitrogens with one attached hydrogen (secondary N) is 1. The molecular weight excluding hydrogens is 346 g/mol. The minimum atomic E-state index is -0.465. The van der Waals surface area contributed by atoms with Crippen molar-refractivity contribution in [2.24, 2.45) is 0 Å². The van der Waals surface area contributed by atoms with Crippen LogP contribution in [0, 0.1) is 10.1 Å². The molecular formula is C19H19N5O3.